The van der Waals surface area contributed by atoms with E-state index in [4.69, 9.17) is 5.73 Å². The standard InChI is InChI=1S/C15H17N5/c1-12(13-7-3-2-4-8-13)19-20-15(16)18-11-14-9-5-6-10-17-14/h2-10H,11H2,1H3,(H3,16,18,20)/b19-12-. The average Bonchev–Trinajstić information content (AvgIpc) is 2.52. The Morgan fingerprint density at radius 2 is 1.90 bits per heavy atom. The molecule has 1 aromatic heterocycles. The molecule has 0 radical (unpaired) electrons. The number of nitrogens with one attached hydrogen (secondary N) is 1. The van der Waals surface area contributed by atoms with Gasteiger partial charge in [-0.15, -0.1) is 0 Å². The summed E-state index contributed by atoms with van der Waals surface area (Å²) in [7, 11) is 0. The maximum Gasteiger partial charge on any atom is 0.209 e. The van der Waals surface area contributed by atoms with Gasteiger partial charge in [0.05, 0.1) is 18.0 Å². The fourth-order valence-corrected chi connectivity index (χ4v) is 1.58. The number of hydrogen-bond acceptors (Lipinski definition) is 3. The third-order valence-electron chi connectivity index (χ3n) is 2.67. The minimum atomic E-state index is 0.269. The number of nitrogens with two attached hydrogens (primary N) is 1. The number of hydrazone groups is 1. The third kappa shape index (κ3) is 4.20. The molecular weight excluding hydrogens is 250 g/mol. The Labute approximate surface area is 118 Å². The Morgan fingerprint density at radius 3 is 2.60 bits per heavy atom. The molecule has 2 rings (SSSR count). The van der Waals surface area contributed by atoms with Crippen LogP contribution in [0.4, 0.5) is 0 Å². The lowest BCUT2D eigenvalue weighted by atomic mass is 10.1. The van der Waals surface area contributed by atoms with Gasteiger partial charge in [-0.05, 0) is 24.6 Å². The van der Waals surface area contributed by atoms with E-state index in [1.807, 2.05) is 55.5 Å². The van der Waals surface area contributed by atoms with E-state index >= 15 is 0 Å². The average molecular weight is 267 g/mol. The van der Waals surface area contributed by atoms with Crippen LogP contribution >= 0.6 is 0 Å². The van der Waals surface area contributed by atoms with Crippen LogP contribution in [0.1, 0.15) is 18.2 Å². The Morgan fingerprint density at radius 1 is 1.15 bits per heavy atom. The minimum Gasteiger partial charge on any atom is -0.369 e. The summed E-state index contributed by atoms with van der Waals surface area (Å²) in [5, 5.41) is 4.20. The molecule has 0 unspecified atom stereocenters. The van der Waals surface area contributed by atoms with Crippen molar-refractivity contribution in [1.29, 1.82) is 0 Å². The van der Waals surface area contributed by atoms with Gasteiger partial charge in [-0.1, -0.05) is 36.4 Å². The highest BCUT2D eigenvalue weighted by atomic mass is 15.4. The van der Waals surface area contributed by atoms with Gasteiger partial charge in [0, 0.05) is 6.20 Å². The molecule has 0 amide bonds. The number of benzene rings is 1. The van der Waals surface area contributed by atoms with Crippen molar-refractivity contribution in [2.75, 3.05) is 0 Å². The first-order chi connectivity index (χ1) is 9.75. The van der Waals surface area contributed by atoms with Crippen LogP contribution in [0.15, 0.2) is 64.8 Å². The zero-order valence-electron chi connectivity index (χ0n) is 11.3. The summed E-state index contributed by atoms with van der Waals surface area (Å²) in [6.45, 7) is 2.34. The lowest BCUT2D eigenvalue weighted by molar-refractivity contribution is 0.932. The van der Waals surface area contributed by atoms with Gasteiger partial charge >= 0.3 is 0 Å². The van der Waals surface area contributed by atoms with Crippen LogP contribution in [0, 0.1) is 0 Å². The van der Waals surface area contributed by atoms with Crippen molar-refractivity contribution >= 4 is 11.7 Å². The largest absolute Gasteiger partial charge is 0.369 e. The molecule has 102 valence electrons. The van der Waals surface area contributed by atoms with Gasteiger partial charge in [0.25, 0.3) is 0 Å². The van der Waals surface area contributed by atoms with Crippen molar-refractivity contribution in [3.8, 4) is 0 Å². The number of nitrogens with zero attached hydrogens (tertiary/aromatic N) is 3. The lowest BCUT2D eigenvalue weighted by Gasteiger charge is -2.03. The Balaban J connectivity index is 1.93. The summed E-state index contributed by atoms with van der Waals surface area (Å²) < 4.78 is 0. The topological polar surface area (TPSA) is 75.7 Å². The predicted molar refractivity (Wildman–Crippen MR) is 81.4 cm³/mol. The number of rotatable bonds is 4. The van der Waals surface area contributed by atoms with E-state index in [-0.39, 0.29) is 5.96 Å². The number of aliphatic imine (C=N–C) groups is 1. The van der Waals surface area contributed by atoms with Crippen LogP contribution in [-0.2, 0) is 6.54 Å². The van der Waals surface area contributed by atoms with Crippen molar-refractivity contribution in [3.05, 3.63) is 66.0 Å². The maximum absolute atomic E-state index is 5.75. The second-order valence-corrected chi connectivity index (χ2v) is 4.20. The molecule has 0 atom stereocenters. The summed E-state index contributed by atoms with van der Waals surface area (Å²) in [6.07, 6.45) is 1.73. The molecule has 0 saturated carbocycles. The van der Waals surface area contributed by atoms with E-state index in [1.165, 1.54) is 0 Å². The molecule has 5 nitrogen and oxygen atoms in total. The van der Waals surface area contributed by atoms with Gasteiger partial charge in [0.2, 0.25) is 5.96 Å². The van der Waals surface area contributed by atoms with Crippen LogP contribution < -0.4 is 11.2 Å². The smallest absolute Gasteiger partial charge is 0.209 e. The molecule has 0 bridgehead atoms. The van der Waals surface area contributed by atoms with Gasteiger partial charge < -0.3 is 5.73 Å². The fraction of sp³-hybridized carbons (Fsp3) is 0.133. The monoisotopic (exact) mass is 267 g/mol. The first kappa shape index (κ1) is 13.7. The zero-order chi connectivity index (χ0) is 14.2. The molecule has 0 spiro atoms. The molecule has 0 saturated heterocycles. The number of pyridine rings is 1. The molecule has 0 aliphatic rings. The van der Waals surface area contributed by atoms with E-state index in [9.17, 15) is 0 Å². The van der Waals surface area contributed by atoms with Gasteiger partial charge in [0.1, 0.15) is 0 Å². The van der Waals surface area contributed by atoms with Crippen molar-refractivity contribution in [2.45, 2.75) is 13.5 Å². The molecule has 20 heavy (non-hydrogen) atoms. The molecule has 2 aromatic rings. The molecule has 5 heteroatoms. The highest BCUT2D eigenvalue weighted by molar-refractivity contribution is 5.99. The van der Waals surface area contributed by atoms with Gasteiger partial charge in [-0.2, -0.15) is 5.10 Å². The van der Waals surface area contributed by atoms with Crippen molar-refractivity contribution in [1.82, 2.24) is 10.4 Å². The fourth-order valence-electron chi connectivity index (χ4n) is 1.58. The minimum absolute atomic E-state index is 0.269. The number of hydrogen-bond donors (Lipinski definition) is 2. The van der Waals surface area contributed by atoms with Gasteiger partial charge in [0.15, 0.2) is 0 Å². The van der Waals surface area contributed by atoms with E-state index < -0.39 is 0 Å². The van der Waals surface area contributed by atoms with E-state index in [1.54, 1.807) is 6.20 Å². The summed E-state index contributed by atoms with van der Waals surface area (Å²) >= 11 is 0. The number of aromatic nitrogens is 1. The Bertz CT molecular complexity index is 590. The van der Waals surface area contributed by atoms with Crippen molar-refractivity contribution < 1.29 is 0 Å². The molecule has 0 aliphatic carbocycles. The maximum atomic E-state index is 5.75. The second-order valence-electron chi connectivity index (χ2n) is 4.20. The second kappa shape index (κ2) is 7.04. The van der Waals surface area contributed by atoms with Crippen LogP contribution in [0.3, 0.4) is 0 Å². The third-order valence-corrected chi connectivity index (χ3v) is 2.67. The summed E-state index contributed by atoms with van der Waals surface area (Å²) in [5.74, 6) is 0.269. The normalized spacial score (nSPS) is 12.2. The molecule has 0 fully saturated rings. The van der Waals surface area contributed by atoms with E-state index in [0.717, 1.165) is 17.0 Å². The highest BCUT2D eigenvalue weighted by Gasteiger charge is 1.96. The van der Waals surface area contributed by atoms with Gasteiger partial charge in [-0.3, -0.25) is 4.98 Å². The first-order valence-corrected chi connectivity index (χ1v) is 6.31. The Hall–Kier alpha value is -2.69. The summed E-state index contributed by atoms with van der Waals surface area (Å²) in [6, 6.07) is 15.5. The van der Waals surface area contributed by atoms with Crippen LogP contribution in [0.25, 0.3) is 0 Å². The van der Waals surface area contributed by atoms with Crippen molar-refractivity contribution in [2.24, 2.45) is 15.8 Å². The quantitative estimate of drug-likeness (QED) is 0.505. The molecule has 1 aromatic carbocycles. The SMILES string of the molecule is C/C(=N/NC(N)=NCc1ccccn1)c1ccccc1. The van der Waals surface area contributed by atoms with Gasteiger partial charge in [-0.25, -0.2) is 10.4 Å². The zero-order valence-corrected chi connectivity index (χ0v) is 11.3. The Kier molecular flexibility index (Phi) is 4.83. The molecule has 3 N–H and O–H groups in total. The lowest BCUT2D eigenvalue weighted by Crippen LogP contribution is -2.28. The van der Waals surface area contributed by atoms with E-state index in [0.29, 0.717) is 6.54 Å². The van der Waals surface area contributed by atoms with Crippen molar-refractivity contribution in [3.63, 3.8) is 0 Å². The van der Waals surface area contributed by atoms with E-state index in [2.05, 4.69) is 20.5 Å². The number of guanidine groups is 1. The molecular formula is C15H17N5. The molecule has 0 aliphatic heterocycles. The van der Waals surface area contributed by atoms with Crippen LogP contribution in [0.5, 0.6) is 0 Å². The predicted octanol–water partition coefficient (Wildman–Crippen LogP) is 1.91. The summed E-state index contributed by atoms with van der Waals surface area (Å²) in [5.41, 5.74) is 11.2. The highest BCUT2D eigenvalue weighted by Crippen LogP contribution is 1.99. The van der Waals surface area contributed by atoms with Crippen LogP contribution in [-0.4, -0.2) is 16.7 Å². The summed E-state index contributed by atoms with van der Waals surface area (Å²) in [4.78, 5) is 8.34. The molecule has 1 heterocycles. The first-order valence-electron chi connectivity index (χ1n) is 6.31. The van der Waals surface area contributed by atoms with Crippen LogP contribution in [0.2, 0.25) is 0 Å².